The minimum atomic E-state index is 0.0266. The molecule has 2 atom stereocenters. The maximum atomic E-state index is 13.0. The molecule has 4 rings (SSSR count). The summed E-state index contributed by atoms with van der Waals surface area (Å²) in [6.45, 7) is 2.86. The van der Waals surface area contributed by atoms with Crippen LogP contribution in [0, 0.1) is 0 Å². The molecule has 26 heavy (non-hydrogen) atoms. The van der Waals surface area contributed by atoms with Gasteiger partial charge in [0.1, 0.15) is 11.9 Å². The number of benzene rings is 1. The van der Waals surface area contributed by atoms with Gasteiger partial charge in [-0.1, -0.05) is 23.9 Å². The Labute approximate surface area is 157 Å². The third kappa shape index (κ3) is 3.09. The molecule has 138 valence electrons. The Bertz CT molecular complexity index is 835. The van der Waals surface area contributed by atoms with Crippen LogP contribution in [0.15, 0.2) is 23.4 Å². The maximum Gasteiger partial charge on any atom is 0.227 e. The lowest BCUT2D eigenvalue weighted by atomic mass is 10.0. The van der Waals surface area contributed by atoms with E-state index in [-0.39, 0.29) is 18.1 Å². The van der Waals surface area contributed by atoms with Crippen LogP contribution in [-0.4, -0.2) is 44.5 Å². The van der Waals surface area contributed by atoms with Crippen molar-refractivity contribution in [1.82, 2.24) is 19.7 Å². The highest BCUT2D eigenvalue weighted by atomic mass is 32.2. The molecule has 0 radical (unpaired) electrons. The maximum absolute atomic E-state index is 13.0. The number of fused-ring (bicyclic) bond motifs is 1. The van der Waals surface area contributed by atoms with Crippen molar-refractivity contribution in [2.75, 3.05) is 12.8 Å². The third-order valence-corrected chi connectivity index (χ3v) is 5.96. The smallest absolute Gasteiger partial charge is 0.227 e. The predicted molar refractivity (Wildman–Crippen MR) is 100 cm³/mol. The Morgan fingerprint density at radius 1 is 1.38 bits per heavy atom. The van der Waals surface area contributed by atoms with E-state index in [1.807, 2.05) is 34.9 Å². The van der Waals surface area contributed by atoms with E-state index in [0.29, 0.717) is 6.42 Å². The fourth-order valence-electron chi connectivity index (χ4n) is 3.99. The van der Waals surface area contributed by atoms with Crippen LogP contribution in [0.5, 0.6) is 5.75 Å². The summed E-state index contributed by atoms with van der Waals surface area (Å²) in [6, 6.07) is 6.15. The van der Waals surface area contributed by atoms with E-state index < -0.39 is 0 Å². The fraction of sp³-hybridized carbons (Fsp3) is 0.526. The molecule has 0 N–H and O–H groups in total. The van der Waals surface area contributed by atoms with E-state index >= 15 is 0 Å². The Morgan fingerprint density at radius 3 is 3.00 bits per heavy atom. The second kappa shape index (κ2) is 6.95. The van der Waals surface area contributed by atoms with Crippen molar-refractivity contribution < 1.29 is 9.53 Å². The number of aromatic nitrogens is 3. The number of likely N-dealkylation sites (tertiary alicyclic amines) is 1. The highest BCUT2D eigenvalue weighted by Crippen LogP contribution is 2.33. The monoisotopic (exact) mass is 372 g/mol. The molecule has 2 aliphatic heterocycles. The van der Waals surface area contributed by atoms with E-state index in [9.17, 15) is 4.79 Å². The lowest BCUT2D eigenvalue weighted by Crippen LogP contribution is -2.33. The lowest BCUT2D eigenvalue weighted by Gasteiger charge is -2.24. The molecule has 1 amide bonds. The van der Waals surface area contributed by atoms with Crippen LogP contribution in [-0.2, 0) is 24.7 Å². The van der Waals surface area contributed by atoms with Crippen LogP contribution in [0.1, 0.15) is 42.8 Å². The summed E-state index contributed by atoms with van der Waals surface area (Å²) < 4.78 is 7.76. The van der Waals surface area contributed by atoms with Crippen LogP contribution in [0.2, 0.25) is 0 Å². The van der Waals surface area contributed by atoms with Crippen LogP contribution in [0.3, 0.4) is 0 Å². The molecule has 0 spiro atoms. The SMILES string of the molecule is CSc1nnc([C@@H]2CCCN2C(=O)Cc2ccc3c(c2)C[C@H](C)O3)n1C. The summed E-state index contributed by atoms with van der Waals surface area (Å²) in [5.41, 5.74) is 2.26. The van der Waals surface area contributed by atoms with Gasteiger partial charge in [0.05, 0.1) is 12.5 Å². The van der Waals surface area contributed by atoms with Gasteiger partial charge in [0.2, 0.25) is 5.91 Å². The van der Waals surface area contributed by atoms with Crippen molar-refractivity contribution in [3.05, 3.63) is 35.2 Å². The summed E-state index contributed by atoms with van der Waals surface area (Å²) >= 11 is 1.57. The van der Waals surface area contributed by atoms with Gasteiger partial charge in [0, 0.05) is 20.0 Å². The van der Waals surface area contributed by atoms with E-state index in [0.717, 1.165) is 48.1 Å². The van der Waals surface area contributed by atoms with Gasteiger partial charge in [-0.3, -0.25) is 4.79 Å². The number of amides is 1. The minimum Gasteiger partial charge on any atom is -0.490 e. The lowest BCUT2D eigenvalue weighted by molar-refractivity contribution is -0.131. The molecule has 1 aromatic carbocycles. The number of rotatable bonds is 4. The van der Waals surface area contributed by atoms with Gasteiger partial charge in [0.25, 0.3) is 0 Å². The zero-order valence-corrected chi connectivity index (χ0v) is 16.3. The molecule has 6 nitrogen and oxygen atoms in total. The number of nitrogens with zero attached hydrogens (tertiary/aromatic N) is 4. The number of hydrogen-bond acceptors (Lipinski definition) is 5. The van der Waals surface area contributed by atoms with Gasteiger partial charge < -0.3 is 14.2 Å². The molecule has 0 saturated carbocycles. The zero-order valence-electron chi connectivity index (χ0n) is 15.4. The molecule has 0 bridgehead atoms. The standard InChI is InChI=1S/C19H24N4O2S/c1-12-9-14-10-13(6-7-16(14)25-12)11-17(24)23-8-4-5-15(23)18-20-21-19(26-3)22(18)2/h6-7,10,12,15H,4-5,8-9,11H2,1-3H3/t12-,15-/m0/s1. The van der Waals surface area contributed by atoms with Crippen LogP contribution >= 0.6 is 11.8 Å². The Hall–Kier alpha value is -2.02. The first-order chi connectivity index (χ1) is 12.6. The number of carbonyl (C=O) groups excluding carboxylic acids is 1. The van der Waals surface area contributed by atoms with Gasteiger partial charge in [-0.05, 0) is 43.2 Å². The van der Waals surface area contributed by atoms with Crippen LogP contribution in [0.4, 0.5) is 0 Å². The molecule has 2 aromatic rings. The van der Waals surface area contributed by atoms with E-state index in [1.165, 1.54) is 5.56 Å². The minimum absolute atomic E-state index is 0.0266. The van der Waals surface area contributed by atoms with Crippen molar-refractivity contribution in [2.24, 2.45) is 7.05 Å². The molecule has 1 saturated heterocycles. The fourth-order valence-corrected chi connectivity index (χ4v) is 4.48. The van der Waals surface area contributed by atoms with Gasteiger partial charge in [-0.2, -0.15) is 0 Å². The van der Waals surface area contributed by atoms with Crippen LogP contribution < -0.4 is 4.74 Å². The van der Waals surface area contributed by atoms with Gasteiger partial charge in [0.15, 0.2) is 11.0 Å². The number of carbonyl (C=O) groups is 1. The largest absolute Gasteiger partial charge is 0.490 e. The van der Waals surface area contributed by atoms with Gasteiger partial charge >= 0.3 is 0 Å². The summed E-state index contributed by atoms with van der Waals surface area (Å²) in [5, 5.41) is 9.45. The van der Waals surface area contributed by atoms with E-state index in [4.69, 9.17) is 4.74 Å². The van der Waals surface area contributed by atoms with E-state index in [2.05, 4.69) is 23.2 Å². The average Bonchev–Trinajstić information content (AvgIpc) is 3.31. The van der Waals surface area contributed by atoms with Crippen molar-refractivity contribution >= 4 is 17.7 Å². The Balaban J connectivity index is 1.50. The Morgan fingerprint density at radius 2 is 2.23 bits per heavy atom. The number of ether oxygens (including phenoxy) is 1. The average molecular weight is 372 g/mol. The van der Waals surface area contributed by atoms with Crippen LogP contribution in [0.25, 0.3) is 0 Å². The van der Waals surface area contributed by atoms with Crippen molar-refractivity contribution in [3.63, 3.8) is 0 Å². The molecule has 2 aliphatic rings. The first kappa shape index (κ1) is 17.4. The molecule has 1 aromatic heterocycles. The van der Waals surface area contributed by atoms with Gasteiger partial charge in [-0.25, -0.2) is 0 Å². The van der Waals surface area contributed by atoms with Crippen molar-refractivity contribution in [1.29, 1.82) is 0 Å². The highest BCUT2D eigenvalue weighted by Gasteiger charge is 2.33. The number of thioether (sulfide) groups is 1. The summed E-state index contributed by atoms with van der Waals surface area (Å²) in [4.78, 5) is 15.0. The van der Waals surface area contributed by atoms with E-state index in [1.54, 1.807) is 11.8 Å². The molecule has 7 heteroatoms. The van der Waals surface area contributed by atoms with Gasteiger partial charge in [-0.15, -0.1) is 10.2 Å². The molecular weight excluding hydrogens is 348 g/mol. The normalized spacial score (nSPS) is 21.7. The molecule has 1 fully saturated rings. The number of hydrogen-bond donors (Lipinski definition) is 0. The molecule has 3 heterocycles. The summed E-state index contributed by atoms with van der Waals surface area (Å²) in [7, 11) is 1.98. The highest BCUT2D eigenvalue weighted by molar-refractivity contribution is 7.98. The summed E-state index contributed by atoms with van der Waals surface area (Å²) in [5.74, 6) is 2.00. The third-order valence-electron chi connectivity index (χ3n) is 5.24. The second-order valence-electron chi connectivity index (χ2n) is 7.10. The Kier molecular flexibility index (Phi) is 4.65. The topological polar surface area (TPSA) is 60.3 Å². The molecule has 0 aliphatic carbocycles. The molecule has 0 unspecified atom stereocenters. The van der Waals surface area contributed by atoms with Crippen molar-refractivity contribution in [2.45, 2.75) is 49.9 Å². The first-order valence-corrected chi connectivity index (χ1v) is 10.3. The predicted octanol–water partition coefficient (Wildman–Crippen LogP) is 2.77. The van der Waals surface area contributed by atoms with Crippen molar-refractivity contribution in [3.8, 4) is 5.75 Å². The second-order valence-corrected chi connectivity index (χ2v) is 7.87. The summed E-state index contributed by atoms with van der Waals surface area (Å²) in [6.07, 6.45) is 5.50. The first-order valence-electron chi connectivity index (χ1n) is 9.08. The molecular formula is C19H24N4O2S. The zero-order chi connectivity index (χ0) is 18.3. The quantitative estimate of drug-likeness (QED) is 0.773.